The van der Waals surface area contributed by atoms with E-state index in [4.69, 9.17) is 9.94 Å². The van der Waals surface area contributed by atoms with Gasteiger partial charge >= 0.3 is 6.09 Å². The molecule has 0 bridgehead atoms. The summed E-state index contributed by atoms with van der Waals surface area (Å²) in [5, 5.41) is 25.0. The lowest BCUT2D eigenvalue weighted by atomic mass is 9.94. The van der Waals surface area contributed by atoms with Crippen LogP contribution in [0.2, 0.25) is 0 Å². The van der Waals surface area contributed by atoms with Crippen LogP contribution in [0, 0.1) is 5.92 Å². The van der Waals surface area contributed by atoms with Crippen molar-refractivity contribution < 1.29 is 29.4 Å². The molecule has 1 aliphatic rings. The van der Waals surface area contributed by atoms with Gasteiger partial charge in [-0.15, -0.1) is 0 Å². The molecule has 0 saturated heterocycles. The number of hydrogen-bond acceptors (Lipinski definition) is 6. The normalized spacial score (nSPS) is 16.8. The zero-order valence-electron chi connectivity index (χ0n) is 20.1. The third kappa shape index (κ3) is 6.93. The second-order valence-corrected chi connectivity index (χ2v) is 8.98. The monoisotopic (exact) mass is 503 g/mol. The van der Waals surface area contributed by atoms with Gasteiger partial charge in [-0.2, -0.15) is 0 Å². The fraction of sp³-hybridized carbons (Fsp3) is 0.250. The molecule has 0 aromatic heterocycles. The number of benzene rings is 3. The Balaban J connectivity index is 1.37. The predicted molar refractivity (Wildman–Crippen MR) is 135 cm³/mol. The van der Waals surface area contributed by atoms with Gasteiger partial charge in [-0.05, 0) is 40.8 Å². The summed E-state index contributed by atoms with van der Waals surface area (Å²) < 4.78 is 5.22. The standard InChI is InChI=1S/C28H29N3O6/c32-24-15-20-8-4-5-9-23(20)26(24)30-27(34)21(16-25(33)31-36)14-18-10-12-22(13-11-18)29-28(35)37-17-19-6-2-1-3-7-19/h1-13,21,24,26,32,36H,14-17H2,(H,29,35)(H,30,34)(H,31,33)/t21-,24-,26+/m1/s1. The lowest BCUT2D eigenvalue weighted by Gasteiger charge is -2.22. The maximum Gasteiger partial charge on any atom is 0.411 e. The van der Waals surface area contributed by atoms with Gasteiger partial charge in [0.15, 0.2) is 0 Å². The fourth-order valence-electron chi connectivity index (χ4n) is 4.43. The number of amides is 3. The highest BCUT2D eigenvalue weighted by Crippen LogP contribution is 2.31. The molecule has 0 spiro atoms. The highest BCUT2D eigenvalue weighted by Gasteiger charge is 2.34. The zero-order chi connectivity index (χ0) is 26.2. The van der Waals surface area contributed by atoms with Gasteiger partial charge in [0.2, 0.25) is 11.8 Å². The van der Waals surface area contributed by atoms with E-state index in [-0.39, 0.29) is 19.4 Å². The molecule has 192 valence electrons. The lowest BCUT2D eigenvalue weighted by Crippen LogP contribution is -2.40. The number of rotatable bonds is 9. The van der Waals surface area contributed by atoms with Crippen LogP contribution in [0.5, 0.6) is 0 Å². The minimum absolute atomic E-state index is 0.147. The molecule has 0 heterocycles. The van der Waals surface area contributed by atoms with E-state index in [2.05, 4.69) is 10.6 Å². The molecule has 4 rings (SSSR count). The maximum absolute atomic E-state index is 13.2. The molecule has 3 aromatic rings. The number of fused-ring (bicyclic) bond motifs is 1. The van der Waals surface area contributed by atoms with Crippen LogP contribution in [0.15, 0.2) is 78.9 Å². The Bertz CT molecular complexity index is 1230. The first-order valence-electron chi connectivity index (χ1n) is 12.0. The molecule has 3 amide bonds. The van der Waals surface area contributed by atoms with Gasteiger partial charge in [-0.3, -0.25) is 20.1 Å². The van der Waals surface area contributed by atoms with Crippen molar-refractivity contribution in [1.82, 2.24) is 10.8 Å². The van der Waals surface area contributed by atoms with Crippen LogP contribution >= 0.6 is 0 Å². The van der Waals surface area contributed by atoms with E-state index >= 15 is 0 Å². The Hall–Kier alpha value is -4.21. The van der Waals surface area contributed by atoms with Crippen molar-refractivity contribution in [3.8, 4) is 0 Å². The van der Waals surface area contributed by atoms with Gasteiger partial charge in [0.25, 0.3) is 0 Å². The summed E-state index contributed by atoms with van der Waals surface area (Å²) in [5.74, 6) is -1.88. The molecule has 9 nitrogen and oxygen atoms in total. The summed E-state index contributed by atoms with van der Waals surface area (Å²) in [6, 6.07) is 23.1. The second-order valence-electron chi connectivity index (χ2n) is 8.98. The minimum atomic E-state index is -0.790. The number of ether oxygens (including phenoxy) is 1. The van der Waals surface area contributed by atoms with Crippen LogP contribution in [0.3, 0.4) is 0 Å². The first-order valence-corrected chi connectivity index (χ1v) is 12.0. The fourth-order valence-corrected chi connectivity index (χ4v) is 4.43. The Labute approximate surface area is 214 Å². The summed E-state index contributed by atoms with van der Waals surface area (Å²) in [7, 11) is 0. The predicted octanol–water partition coefficient (Wildman–Crippen LogP) is 3.26. The molecule has 1 aliphatic carbocycles. The van der Waals surface area contributed by atoms with Gasteiger partial charge in [0, 0.05) is 18.5 Å². The number of hydroxylamine groups is 1. The smallest absolute Gasteiger partial charge is 0.411 e. The maximum atomic E-state index is 13.2. The van der Waals surface area contributed by atoms with E-state index in [1.54, 1.807) is 29.7 Å². The van der Waals surface area contributed by atoms with Crippen molar-refractivity contribution in [1.29, 1.82) is 0 Å². The average molecular weight is 504 g/mol. The molecular formula is C28H29N3O6. The Morgan fingerprint density at radius 3 is 2.35 bits per heavy atom. The van der Waals surface area contributed by atoms with Crippen molar-refractivity contribution >= 4 is 23.6 Å². The number of nitrogens with one attached hydrogen (secondary N) is 3. The van der Waals surface area contributed by atoms with Crippen molar-refractivity contribution in [2.45, 2.75) is 38.0 Å². The molecule has 9 heteroatoms. The quantitative estimate of drug-likeness (QED) is 0.225. The number of aliphatic hydroxyl groups is 1. The molecule has 0 aliphatic heterocycles. The summed E-state index contributed by atoms with van der Waals surface area (Å²) in [5.41, 5.74) is 5.54. The first-order chi connectivity index (χ1) is 17.9. The molecular weight excluding hydrogens is 474 g/mol. The van der Waals surface area contributed by atoms with Crippen molar-refractivity contribution in [2.24, 2.45) is 5.92 Å². The van der Waals surface area contributed by atoms with Crippen LogP contribution in [-0.2, 0) is 33.8 Å². The molecule has 0 radical (unpaired) electrons. The highest BCUT2D eigenvalue weighted by atomic mass is 16.5. The highest BCUT2D eigenvalue weighted by molar-refractivity contribution is 5.86. The molecule has 37 heavy (non-hydrogen) atoms. The van der Waals surface area contributed by atoms with Gasteiger partial charge in [0.1, 0.15) is 6.61 Å². The van der Waals surface area contributed by atoms with Crippen LogP contribution in [0.4, 0.5) is 10.5 Å². The summed E-state index contributed by atoms with van der Waals surface area (Å²) >= 11 is 0. The zero-order valence-corrected chi connectivity index (χ0v) is 20.1. The molecule has 0 fully saturated rings. The van der Waals surface area contributed by atoms with E-state index in [9.17, 15) is 19.5 Å². The topological polar surface area (TPSA) is 137 Å². The Morgan fingerprint density at radius 1 is 0.919 bits per heavy atom. The lowest BCUT2D eigenvalue weighted by molar-refractivity contribution is -0.135. The molecule has 0 unspecified atom stereocenters. The molecule has 0 saturated carbocycles. The van der Waals surface area contributed by atoms with Crippen LogP contribution < -0.4 is 16.1 Å². The van der Waals surface area contributed by atoms with Crippen molar-refractivity contribution in [2.75, 3.05) is 5.32 Å². The van der Waals surface area contributed by atoms with E-state index in [1.807, 2.05) is 54.6 Å². The van der Waals surface area contributed by atoms with E-state index < -0.39 is 36.0 Å². The van der Waals surface area contributed by atoms with Gasteiger partial charge < -0.3 is 15.2 Å². The van der Waals surface area contributed by atoms with Gasteiger partial charge in [-0.1, -0.05) is 66.7 Å². The van der Waals surface area contributed by atoms with E-state index in [0.29, 0.717) is 12.1 Å². The van der Waals surface area contributed by atoms with Crippen molar-refractivity contribution in [3.05, 3.63) is 101 Å². The summed E-state index contributed by atoms with van der Waals surface area (Å²) in [6.45, 7) is 0.147. The van der Waals surface area contributed by atoms with Gasteiger partial charge in [-0.25, -0.2) is 10.3 Å². The van der Waals surface area contributed by atoms with Crippen LogP contribution in [0.25, 0.3) is 0 Å². The third-order valence-corrected chi connectivity index (χ3v) is 6.32. The number of carbonyl (C=O) groups is 3. The first kappa shape index (κ1) is 25.9. The largest absolute Gasteiger partial charge is 0.444 e. The number of carbonyl (C=O) groups excluding carboxylic acids is 3. The number of aliphatic hydroxyl groups excluding tert-OH is 1. The summed E-state index contributed by atoms with van der Waals surface area (Å²) in [4.78, 5) is 37.2. The van der Waals surface area contributed by atoms with E-state index in [0.717, 1.165) is 22.3 Å². The third-order valence-electron chi connectivity index (χ3n) is 6.32. The number of anilines is 1. The van der Waals surface area contributed by atoms with Crippen molar-refractivity contribution in [3.63, 3.8) is 0 Å². The minimum Gasteiger partial charge on any atom is -0.444 e. The SMILES string of the molecule is O=C(C[C@@H](Cc1ccc(NC(=O)OCc2ccccc2)cc1)C(=O)N[C@H]1c2ccccc2C[C@H]1O)NO. The Kier molecular flexibility index (Phi) is 8.50. The Morgan fingerprint density at radius 2 is 1.62 bits per heavy atom. The van der Waals surface area contributed by atoms with E-state index in [1.165, 1.54) is 0 Å². The second kappa shape index (κ2) is 12.2. The van der Waals surface area contributed by atoms with Crippen LogP contribution in [0.1, 0.15) is 34.7 Å². The molecule has 5 N–H and O–H groups in total. The van der Waals surface area contributed by atoms with Crippen LogP contribution in [-0.4, -0.2) is 34.3 Å². The number of hydrogen-bond donors (Lipinski definition) is 5. The molecule has 3 atom stereocenters. The summed E-state index contributed by atoms with van der Waals surface area (Å²) in [6.07, 6.45) is -0.948. The van der Waals surface area contributed by atoms with Gasteiger partial charge in [0.05, 0.1) is 18.1 Å². The average Bonchev–Trinajstić information content (AvgIpc) is 3.23. The molecule has 3 aromatic carbocycles.